The number of amides is 2. The Hall–Kier alpha value is -2.70. The molecule has 2 amide bonds. The maximum atomic E-state index is 12.8. The average Bonchev–Trinajstić information content (AvgIpc) is 3.00. The fourth-order valence-corrected chi connectivity index (χ4v) is 5.33. The molecule has 0 radical (unpaired) electrons. The molecule has 5 unspecified atom stereocenters. The van der Waals surface area contributed by atoms with E-state index in [0.717, 1.165) is 18.4 Å². The molecule has 0 saturated heterocycles. The van der Waals surface area contributed by atoms with Gasteiger partial charge in [0.25, 0.3) is 5.91 Å². The molecular formula is C22H26N4O3. The summed E-state index contributed by atoms with van der Waals surface area (Å²) in [5, 5.41) is 10.4. The monoisotopic (exact) mass is 394 g/mol. The van der Waals surface area contributed by atoms with Crippen LogP contribution in [0.5, 0.6) is 0 Å². The molecule has 0 spiro atoms. The van der Waals surface area contributed by atoms with Crippen LogP contribution in [0.15, 0.2) is 30.6 Å². The Morgan fingerprint density at radius 2 is 2.14 bits per heavy atom. The van der Waals surface area contributed by atoms with Crippen molar-refractivity contribution >= 4 is 23.1 Å². The number of ketones is 1. The zero-order chi connectivity index (χ0) is 20.3. The summed E-state index contributed by atoms with van der Waals surface area (Å²) in [6.07, 6.45) is 5.84. The van der Waals surface area contributed by atoms with Gasteiger partial charge in [-0.05, 0) is 48.3 Å². The molecule has 2 heterocycles. The molecule has 152 valence electrons. The summed E-state index contributed by atoms with van der Waals surface area (Å²) in [7, 11) is 0. The Morgan fingerprint density at radius 3 is 2.86 bits per heavy atom. The van der Waals surface area contributed by atoms with Crippen molar-refractivity contribution in [2.24, 2.45) is 29.1 Å². The van der Waals surface area contributed by atoms with Crippen LogP contribution in [-0.4, -0.2) is 39.8 Å². The number of carbonyl (C=O) groups is 3. The van der Waals surface area contributed by atoms with Crippen LogP contribution in [0.25, 0.3) is 5.52 Å². The van der Waals surface area contributed by atoms with Gasteiger partial charge in [0, 0.05) is 31.1 Å². The molecule has 29 heavy (non-hydrogen) atoms. The summed E-state index contributed by atoms with van der Waals surface area (Å²) in [6.45, 7) is 4.86. The quantitative estimate of drug-likeness (QED) is 0.809. The van der Waals surface area contributed by atoms with Gasteiger partial charge in [0.05, 0.1) is 23.2 Å². The number of hydrogen-bond acceptors (Lipinski definition) is 4. The number of Topliss-reactive ketones (excluding diaryl/α,β-unsaturated/α-hetero) is 1. The molecule has 5 atom stereocenters. The fourth-order valence-electron chi connectivity index (χ4n) is 5.33. The summed E-state index contributed by atoms with van der Waals surface area (Å²) < 4.78 is 1.69. The van der Waals surface area contributed by atoms with Crippen molar-refractivity contribution < 1.29 is 14.4 Å². The second-order valence-electron chi connectivity index (χ2n) is 9.33. The molecule has 3 aliphatic rings. The zero-order valence-corrected chi connectivity index (χ0v) is 16.7. The smallest absolute Gasteiger partial charge is 0.253 e. The molecule has 7 nitrogen and oxygen atoms in total. The standard InChI is InChI=1S/C22H26N4O3/c1-22(2)12(11-23-21(29)19-14-5-6-16(27)18(14)19)10-17(22)25-20(28)13-4-3-9-26-15(13)7-8-24-26/h3-4,7-9,12,14,17-19H,5-6,10-11H2,1-2H3,(H,23,29)(H,25,28). The summed E-state index contributed by atoms with van der Waals surface area (Å²) in [5.41, 5.74) is 1.29. The highest BCUT2D eigenvalue weighted by Crippen LogP contribution is 2.55. The van der Waals surface area contributed by atoms with Crippen LogP contribution in [0, 0.1) is 29.1 Å². The minimum atomic E-state index is -0.108. The van der Waals surface area contributed by atoms with E-state index >= 15 is 0 Å². The van der Waals surface area contributed by atoms with Gasteiger partial charge in [-0.1, -0.05) is 13.8 Å². The summed E-state index contributed by atoms with van der Waals surface area (Å²) in [5.74, 6) is 0.681. The molecule has 7 heteroatoms. The second-order valence-corrected chi connectivity index (χ2v) is 9.33. The van der Waals surface area contributed by atoms with Crippen molar-refractivity contribution in [1.29, 1.82) is 0 Å². The predicted molar refractivity (Wildman–Crippen MR) is 106 cm³/mol. The molecule has 0 aromatic carbocycles. The van der Waals surface area contributed by atoms with Crippen LogP contribution in [0.1, 0.15) is 43.5 Å². The summed E-state index contributed by atoms with van der Waals surface area (Å²) >= 11 is 0. The summed E-state index contributed by atoms with van der Waals surface area (Å²) in [6, 6.07) is 5.51. The first-order valence-electron chi connectivity index (χ1n) is 10.4. The molecule has 2 N–H and O–H groups in total. The maximum Gasteiger partial charge on any atom is 0.253 e. The molecule has 3 fully saturated rings. The topological polar surface area (TPSA) is 92.6 Å². The first-order chi connectivity index (χ1) is 13.9. The van der Waals surface area contributed by atoms with Crippen molar-refractivity contribution in [3.8, 4) is 0 Å². The highest BCUT2D eigenvalue weighted by atomic mass is 16.2. The van der Waals surface area contributed by atoms with Crippen LogP contribution in [-0.2, 0) is 9.59 Å². The fraction of sp³-hybridized carbons (Fsp3) is 0.545. The minimum Gasteiger partial charge on any atom is -0.356 e. The first kappa shape index (κ1) is 18.3. The Labute approximate surface area is 169 Å². The molecule has 0 aliphatic heterocycles. The Kier molecular flexibility index (Phi) is 4.05. The van der Waals surface area contributed by atoms with E-state index in [-0.39, 0.29) is 46.8 Å². The number of hydrogen-bond donors (Lipinski definition) is 2. The van der Waals surface area contributed by atoms with E-state index in [9.17, 15) is 14.4 Å². The van der Waals surface area contributed by atoms with Crippen LogP contribution < -0.4 is 10.6 Å². The highest BCUT2D eigenvalue weighted by Gasteiger charge is 2.61. The minimum absolute atomic E-state index is 0.0114. The lowest BCUT2D eigenvalue weighted by Gasteiger charge is -2.52. The Bertz CT molecular complexity index is 1010. The van der Waals surface area contributed by atoms with E-state index < -0.39 is 0 Å². The molecule has 5 rings (SSSR count). The van der Waals surface area contributed by atoms with Gasteiger partial charge in [-0.25, -0.2) is 4.52 Å². The van der Waals surface area contributed by atoms with E-state index in [1.54, 1.807) is 10.7 Å². The van der Waals surface area contributed by atoms with E-state index in [2.05, 4.69) is 29.6 Å². The number of carbonyl (C=O) groups excluding carboxylic acids is 3. The molecule has 0 bridgehead atoms. The van der Waals surface area contributed by atoms with Gasteiger partial charge in [-0.3, -0.25) is 14.4 Å². The van der Waals surface area contributed by atoms with Crippen LogP contribution >= 0.6 is 0 Å². The lowest BCUT2D eigenvalue weighted by molar-refractivity contribution is -0.127. The van der Waals surface area contributed by atoms with Gasteiger partial charge >= 0.3 is 0 Å². The largest absolute Gasteiger partial charge is 0.356 e. The van der Waals surface area contributed by atoms with E-state index in [1.165, 1.54) is 0 Å². The van der Waals surface area contributed by atoms with Gasteiger partial charge in [0.2, 0.25) is 5.91 Å². The van der Waals surface area contributed by atoms with Crippen molar-refractivity contribution in [1.82, 2.24) is 20.2 Å². The number of nitrogens with one attached hydrogen (secondary N) is 2. The van der Waals surface area contributed by atoms with Gasteiger partial charge in [0.1, 0.15) is 5.78 Å². The number of rotatable bonds is 5. The first-order valence-corrected chi connectivity index (χ1v) is 10.4. The van der Waals surface area contributed by atoms with E-state index in [0.29, 0.717) is 24.4 Å². The van der Waals surface area contributed by atoms with Crippen LogP contribution in [0.3, 0.4) is 0 Å². The number of fused-ring (bicyclic) bond motifs is 2. The molecule has 2 aromatic heterocycles. The third kappa shape index (κ3) is 2.86. The molecular weight excluding hydrogens is 368 g/mol. The maximum absolute atomic E-state index is 12.8. The Balaban J connectivity index is 1.16. The van der Waals surface area contributed by atoms with Crippen LogP contribution in [0.2, 0.25) is 0 Å². The summed E-state index contributed by atoms with van der Waals surface area (Å²) in [4.78, 5) is 37.0. The van der Waals surface area contributed by atoms with Gasteiger partial charge in [-0.15, -0.1) is 0 Å². The lowest BCUT2D eigenvalue weighted by atomic mass is 9.58. The van der Waals surface area contributed by atoms with Gasteiger partial charge < -0.3 is 10.6 Å². The zero-order valence-electron chi connectivity index (χ0n) is 16.7. The van der Waals surface area contributed by atoms with Crippen molar-refractivity contribution in [2.45, 2.75) is 39.2 Å². The molecule has 3 saturated carbocycles. The number of nitrogens with zero attached hydrogens (tertiary/aromatic N) is 2. The second kappa shape index (κ2) is 6.40. The van der Waals surface area contributed by atoms with E-state index in [4.69, 9.17) is 0 Å². The van der Waals surface area contributed by atoms with Crippen molar-refractivity contribution in [3.05, 3.63) is 36.2 Å². The normalized spacial score (nSPS) is 31.8. The van der Waals surface area contributed by atoms with Crippen molar-refractivity contribution in [2.75, 3.05) is 6.54 Å². The predicted octanol–water partition coefficient (Wildman–Crippen LogP) is 1.82. The SMILES string of the molecule is CC1(C)C(CNC(=O)C2C3CCC(=O)C32)CC1NC(=O)c1cccn2nccc12. The Morgan fingerprint density at radius 1 is 1.31 bits per heavy atom. The molecule has 2 aromatic rings. The van der Waals surface area contributed by atoms with Gasteiger partial charge in [0.15, 0.2) is 0 Å². The third-order valence-electron chi connectivity index (χ3n) is 7.55. The van der Waals surface area contributed by atoms with Crippen molar-refractivity contribution in [3.63, 3.8) is 0 Å². The number of aromatic nitrogens is 2. The lowest BCUT2D eigenvalue weighted by Crippen LogP contribution is -2.60. The average molecular weight is 394 g/mol. The van der Waals surface area contributed by atoms with E-state index in [1.807, 2.05) is 24.4 Å². The van der Waals surface area contributed by atoms with Crippen LogP contribution in [0.4, 0.5) is 0 Å². The highest BCUT2D eigenvalue weighted by molar-refractivity contribution is 6.01. The number of pyridine rings is 1. The molecule has 3 aliphatic carbocycles. The third-order valence-corrected chi connectivity index (χ3v) is 7.55. The van der Waals surface area contributed by atoms with Gasteiger partial charge in [-0.2, -0.15) is 5.10 Å².